The maximum absolute atomic E-state index is 12.4. The van der Waals surface area contributed by atoms with Crippen molar-refractivity contribution in [3.63, 3.8) is 0 Å². The molecule has 3 nitrogen and oxygen atoms in total. The van der Waals surface area contributed by atoms with Gasteiger partial charge in [-0.1, -0.05) is 54.9 Å². The maximum Gasteiger partial charge on any atom is 0.255 e. The third-order valence-corrected chi connectivity index (χ3v) is 4.48. The fraction of sp³-hybridized carbons (Fsp3) is 0.136. The summed E-state index contributed by atoms with van der Waals surface area (Å²) in [6, 6.07) is 22.5. The van der Waals surface area contributed by atoms with Crippen LogP contribution < -0.4 is 10.1 Å². The molecular weight excluding hydrogens is 346 g/mol. The normalized spacial score (nSPS) is 10.4. The Bertz CT molecular complexity index is 891. The molecule has 0 bridgehead atoms. The second-order valence-corrected chi connectivity index (χ2v) is 6.28. The lowest BCUT2D eigenvalue weighted by atomic mass is 10.1. The zero-order valence-electron chi connectivity index (χ0n) is 14.5. The van der Waals surface area contributed by atoms with Gasteiger partial charge in [0, 0.05) is 21.8 Å². The zero-order chi connectivity index (χ0) is 18.4. The minimum absolute atomic E-state index is 0.136. The van der Waals surface area contributed by atoms with Crippen LogP contribution >= 0.6 is 11.6 Å². The number of carbonyl (C=O) groups excluding carboxylic acids is 1. The Morgan fingerprint density at radius 3 is 2.27 bits per heavy atom. The van der Waals surface area contributed by atoms with Crippen molar-refractivity contribution in [3.05, 3.63) is 94.5 Å². The molecule has 3 aromatic rings. The molecule has 4 heteroatoms. The van der Waals surface area contributed by atoms with Crippen LogP contribution in [0.4, 0.5) is 5.69 Å². The Kier molecular flexibility index (Phi) is 5.92. The monoisotopic (exact) mass is 365 g/mol. The van der Waals surface area contributed by atoms with Gasteiger partial charge in [0.15, 0.2) is 0 Å². The highest BCUT2D eigenvalue weighted by molar-refractivity contribution is 6.31. The molecule has 26 heavy (non-hydrogen) atoms. The summed E-state index contributed by atoms with van der Waals surface area (Å²) in [5.74, 6) is 0.555. The molecule has 0 heterocycles. The number of nitrogens with one attached hydrogen (secondary N) is 1. The number of hydrogen-bond acceptors (Lipinski definition) is 2. The number of para-hydroxylation sites is 1. The average molecular weight is 366 g/mol. The molecule has 0 aromatic heterocycles. The number of rotatable bonds is 6. The van der Waals surface area contributed by atoms with Crippen molar-refractivity contribution in [2.75, 3.05) is 5.32 Å². The van der Waals surface area contributed by atoms with Gasteiger partial charge in [-0.05, 0) is 48.4 Å². The molecule has 1 N–H and O–H groups in total. The molecule has 0 unspecified atom stereocenters. The number of benzene rings is 3. The van der Waals surface area contributed by atoms with E-state index in [9.17, 15) is 4.79 Å². The van der Waals surface area contributed by atoms with E-state index in [4.69, 9.17) is 16.3 Å². The second-order valence-electron chi connectivity index (χ2n) is 5.87. The molecule has 0 saturated carbocycles. The van der Waals surface area contributed by atoms with Gasteiger partial charge in [0.2, 0.25) is 0 Å². The summed E-state index contributed by atoms with van der Waals surface area (Å²) in [6.45, 7) is 2.45. The standard InChI is InChI=1S/C22H20ClNO2/c1-2-16-7-4-6-10-21(16)24-22(25)17-11-13-19(14-12-17)26-15-18-8-3-5-9-20(18)23/h3-14H,2,15H2,1H3,(H,24,25). The molecule has 3 rings (SSSR count). The van der Waals surface area contributed by atoms with Crippen LogP contribution in [-0.2, 0) is 13.0 Å². The first-order chi connectivity index (χ1) is 12.7. The van der Waals surface area contributed by atoms with Gasteiger partial charge in [0.1, 0.15) is 12.4 Å². The van der Waals surface area contributed by atoms with Crippen molar-refractivity contribution in [2.45, 2.75) is 20.0 Å². The van der Waals surface area contributed by atoms with Gasteiger partial charge in [-0.25, -0.2) is 0 Å². The summed E-state index contributed by atoms with van der Waals surface area (Å²) in [7, 11) is 0. The van der Waals surface area contributed by atoms with E-state index in [1.807, 2.05) is 48.5 Å². The number of hydrogen-bond donors (Lipinski definition) is 1. The molecule has 0 radical (unpaired) electrons. The lowest BCUT2D eigenvalue weighted by Crippen LogP contribution is -2.13. The van der Waals surface area contributed by atoms with Crippen molar-refractivity contribution >= 4 is 23.2 Å². The molecule has 0 aliphatic heterocycles. The molecule has 0 fully saturated rings. The third kappa shape index (κ3) is 4.44. The molecule has 0 atom stereocenters. The first-order valence-electron chi connectivity index (χ1n) is 8.53. The number of halogens is 1. The fourth-order valence-electron chi connectivity index (χ4n) is 2.62. The van der Waals surface area contributed by atoms with E-state index in [1.165, 1.54) is 0 Å². The van der Waals surface area contributed by atoms with E-state index in [-0.39, 0.29) is 5.91 Å². The Morgan fingerprint density at radius 2 is 1.58 bits per heavy atom. The highest BCUT2D eigenvalue weighted by atomic mass is 35.5. The van der Waals surface area contributed by atoms with E-state index >= 15 is 0 Å². The lowest BCUT2D eigenvalue weighted by molar-refractivity contribution is 0.102. The molecule has 3 aromatic carbocycles. The Labute approximate surface area is 158 Å². The molecule has 1 amide bonds. The topological polar surface area (TPSA) is 38.3 Å². The van der Waals surface area contributed by atoms with Gasteiger partial charge in [-0.2, -0.15) is 0 Å². The summed E-state index contributed by atoms with van der Waals surface area (Å²) in [5.41, 5.74) is 3.47. The Hall–Kier alpha value is -2.78. The second kappa shape index (κ2) is 8.54. The molecule has 0 aliphatic rings. The smallest absolute Gasteiger partial charge is 0.255 e. The molecule has 132 valence electrons. The lowest BCUT2D eigenvalue weighted by Gasteiger charge is -2.11. The Balaban J connectivity index is 1.63. The first-order valence-corrected chi connectivity index (χ1v) is 8.90. The predicted molar refractivity (Wildman–Crippen MR) is 106 cm³/mol. The van der Waals surface area contributed by atoms with Gasteiger partial charge >= 0.3 is 0 Å². The number of ether oxygens (including phenoxy) is 1. The number of anilines is 1. The van der Waals surface area contributed by atoms with Gasteiger partial charge < -0.3 is 10.1 Å². The van der Waals surface area contributed by atoms with Gasteiger partial charge in [-0.15, -0.1) is 0 Å². The van der Waals surface area contributed by atoms with Crippen LogP contribution in [0.25, 0.3) is 0 Å². The van der Waals surface area contributed by atoms with Crippen molar-refractivity contribution in [3.8, 4) is 5.75 Å². The maximum atomic E-state index is 12.4. The van der Waals surface area contributed by atoms with Crippen LogP contribution in [0.2, 0.25) is 5.02 Å². The van der Waals surface area contributed by atoms with Gasteiger partial charge in [0.25, 0.3) is 5.91 Å². The third-order valence-electron chi connectivity index (χ3n) is 4.12. The highest BCUT2D eigenvalue weighted by Gasteiger charge is 2.09. The van der Waals surface area contributed by atoms with E-state index in [0.717, 1.165) is 23.2 Å². The van der Waals surface area contributed by atoms with Crippen molar-refractivity contribution in [2.24, 2.45) is 0 Å². The minimum Gasteiger partial charge on any atom is -0.489 e. The first kappa shape index (κ1) is 18.0. The zero-order valence-corrected chi connectivity index (χ0v) is 15.3. The van der Waals surface area contributed by atoms with Crippen molar-refractivity contribution in [1.29, 1.82) is 0 Å². The van der Waals surface area contributed by atoms with Gasteiger partial charge in [0.05, 0.1) is 0 Å². The quantitative estimate of drug-likeness (QED) is 0.605. The van der Waals surface area contributed by atoms with Crippen LogP contribution in [-0.4, -0.2) is 5.91 Å². The van der Waals surface area contributed by atoms with Crippen LogP contribution in [0.15, 0.2) is 72.8 Å². The molecular formula is C22H20ClNO2. The van der Waals surface area contributed by atoms with Crippen LogP contribution in [0.3, 0.4) is 0 Å². The van der Waals surface area contributed by atoms with E-state index < -0.39 is 0 Å². The van der Waals surface area contributed by atoms with E-state index in [2.05, 4.69) is 12.2 Å². The SMILES string of the molecule is CCc1ccccc1NC(=O)c1ccc(OCc2ccccc2Cl)cc1. The summed E-state index contributed by atoms with van der Waals surface area (Å²) in [5, 5.41) is 3.64. The van der Waals surface area contributed by atoms with Crippen molar-refractivity contribution in [1.82, 2.24) is 0 Å². The van der Waals surface area contributed by atoms with Crippen molar-refractivity contribution < 1.29 is 9.53 Å². The predicted octanol–water partition coefficient (Wildman–Crippen LogP) is 5.73. The summed E-state index contributed by atoms with van der Waals surface area (Å²) in [6.07, 6.45) is 0.866. The van der Waals surface area contributed by atoms with E-state index in [0.29, 0.717) is 22.9 Å². The number of amides is 1. The number of carbonyl (C=O) groups is 1. The Morgan fingerprint density at radius 1 is 0.923 bits per heavy atom. The van der Waals surface area contributed by atoms with Crippen LogP contribution in [0.1, 0.15) is 28.4 Å². The molecule has 0 saturated heterocycles. The van der Waals surface area contributed by atoms with Crippen LogP contribution in [0.5, 0.6) is 5.75 Å². The summed E-state index contributed by atoms with van der Waals surface area (Å²) >= 11 is 6.13. The van der Waals surface area contributed by atoms with E-state index in [1.54, 1.807) is 24.3 Å². The van der Waals surface area contributed by atoms with Gasteiger partial charge in [-0.3, -0.25) is 4.79 Å². The number of aryl methyl sites for hydroxylation is 1. The fourth-order valence-corrected chi connectivity index (χ4v) is 2.81. The summed E-state index contributed by atoms with van der Waals surface area (Å²) < 4.78 is 5.75. The largest absolute Gasteiger partial charge is 0.489 e. The molecule has 0 aliphatic carbocycles. The minimum atomic E-state index is -0.136. The van der Waals surface area contributed by atoms with Crippen LogP contribution in [0, 0.1) is 0 Å². The molecule has 0 spiro atoms. The summed E-state index contributed by atoms with van der Waals surface area (Å²) in [4.78, 5) is 12.4. The average Bonchev–Trinajstić information content (AvgIpc) is 2.68. The highest BCUT2D eigenvalue weighted by Crippen LogP contribution is 2.20.